The molecule has 7 aromatic carbocycles. The predicted molar refractivity (Wildman–Crippen MR) is 185 cm³/mol. The highest BCUT2D eigenvalue weighted by Crippen LogP contribution is 2.48. The lowest BCUT2D eigenvalue weighted by Crippen LogP contribution is -1.99. The minimum Gasteiger partial charge on any atom is -0.309 e. The Labute approximate surface area is 254 Å². The molecule has 2 heteroatoms. The van der Waals surface area contributed by atoms with Gasteiger partial charge in [0.2, 0.25) is 0 Å². The summed E-state index contributed by atoms with van der Waals surface area (Å²) in [5.74, 6) is 0. The minimum absolute atomic E-state index is 1.16. The molecular weight excluding hydrogens is 532 g/mol. The monoisotopic (exact) mass is 558 g/mol. The Balaban J connectivity index is 1.37. The highest BCUT2D eigenvalue weighted by atomic mass is 15.0. The van der Waals surface area contributed by atoms with Gasteiger partial charge in [0, 0.05) is 38.4 Å². The Morgan fingerprint density at radius 2 is 0.909 bits per heavy atom. The molecule has 0 atom stereocenters. The van der Waals surface area contributed by atoms with Crippen LogP contribution in [-0.4, -0.2) is 9.13 Å². The second kappa shape index (κ2) is 8.82. The SMILES string of the molecule is c1ccc(-c2cccc(-n3c4ccccc4c4cc5c(cc43)-n3c4ccccc4c4cccc(c43)-c3ccccc3-5)c2)cc1. The van der Waals surface area contributed by atoms with E-state index in [1.165, 1.54) is 82.7 Å². The molecule has 204 valence electrons. The summed E-state index contributed by atoms with van der Waals surface area (Å²) >= 11 is 0. The average molecular weight is 559 g/mol. The zero-order chi connectivity index (χ0) is 28.8. The van der Waals surface area contributed by atoms with Crippen molar-refractivity contribution in [2.45, 2.75) is 0 Å². The van der Waals surface area contributed by atoms with Crippen molar-refractivity contribution in [1.82, 2.24) is 9.13 Å². The normalized spacial score (nSPS) is 12.1. The van der Waals surface area contributed by atoms with Gasteiger partial charge in [-0.1, -0.05) is 121 Å². The first kappa shape index (κ1) is 23.7. The molecule has 0 saturated carbocycles. The maximum Gasteiger partial charge on any atom is 0.0619 e. The minimum atomic E-state index is 1.16. The van der Waals surface area contributed by atoms with Crippen molar-refractivity contribution in [3.63, 3.8) is 0 Å². The lowest BCUT2D eigenvalue weighted by Gasteiger charge is -2.15. The third kappa shape index (κ3) is 3.14. The van der Waals surface area contributed by atoms with Crippen LogP contribution in [0.15, 0.2) is 158 Å². The van der Waals surface area contributed by atoms with Gasteiger partial charge in [-0.3, -0.25) is 0 Å². The van der Waals surface area contributed by atoms with Gasteiger partial charge in [-0.2, -0.15) is 0 Å². The van der Waals surface area contributed by atoms with Gasteiger partial charge >= 0.3 is 0 Å². The maximum atomic E-state index is 2.51. The van der Waals surface area contributed by atoms with Gasteiger partial charge < -0.3 is 9.13 Å². The number of aromatic nitrogens is 2. The van der Waals surface area contributed by atoms with E-state index >= 15 is 0 Å². The lowest BCUT2D eigenvalue weighted by atomic mass is 9.93. The number of para-hydroxylation sites is 3. The first-order valence-electron chi connectivity index (χ1n) is 15.2. The summed E-state index contributed by atoms with van der Waals surface area (Å²) in [7, 11) is 0. The van der Waals surface area contributed by atoms with Crippen molar-refractivity contribution in [1.29, 1.82) is 0 Å². The van der Waals surface area contributed by atoms with Crippen LogP contribution < -0.4 is 0 Å². The van der Waals surface area contributed by atoms with Crippen molar-refractivity contribution in [2.24, 2.45) is 0 Å². The molecule has 0 bridgehead atoms. The standard InChI is InChI=1S/C42H26N2/c1-2-12-27(13-3-1)28-14-10-15-29(24-28)43-38-22-8-7-19-33(38)37-25-36-31-17-5-4-16-30(31)34-20-11-21-35-32-18-6-9-23-39(32)44(42(34)35)41(36)26-40(37)43/h1-26H. The van der Waals surface area contributed by atoms with Crippen LogP contribution >= 0.6 is 0 Å². The molecule has 9 aromatic rings. The Bertz CT molecular complexity index is 2600. The molecule has 0 radical (unpaired) electrons. The highest BCUT2D eigenvalue weighted by molar-refractivity contribution is 6.18. The summed E-state index contributed by atoms with van der Waals surface area (Å²) in [5, 5.41) is 5.10. The summed E-state index contributed by atoms with van der Waals surface area (Å²) < 4.78 is 4.96. The molecule has 2 nitrogen and oxygen atoms in total. The Morgan fingerprint density at radius 3 is 1.73 bits per heavy atom. The van der Waals surface area contributed by atoms with Crippen molar-refractivity contribution >= 4 is 43.6 Å². The third-order valence-corrected chi connectivity index (χ3v) is 9.44. The zero-order valence-electron chi connectivity index (χ0n) is 23.9. The van der Waals surface area contributed by atoms with Crippen molar-refractivity contribution < 1.29 is 0 Å². The fourth-order valence-electron chi connectivity index (χ4n) is 7.58. The second-order valence-corrected chi connectivity index (χ2v) is 11.8. The number of hydrogen-bond donors (Lipinski definition) is 0. The Hall–Kier alpha value is -5.86. The van der Waals surface area contributed by atoms with Crippen LogP contribution in [0.25, 0.3) is 88.4 Å². The van der Waals surface area contributed by atoms with E-state index in [4.69, 9.17) is 0 Å². The van der Waals surface area contributed by atoms with Crippen LogP contribution in [0, 0.1) is 0 Å². The van der Waals surface area contributed by atoms with E-state index in [9.17, 15) is 0 Å². The topological polar surface area (TPSA) is 9.86 Å². The third-order valence-electron chi connectivity index (χ3n) is 9.44. The summed E-state index contributed by atoms with van der Waals surface area (Å²) in [6.45, 7) is 0. The van der Waals surface area contributed by atoms with Crippen LogP contribution in [0.2, 0.25) is 0 Å². The fraction of sp³-hybridized carbons (Fsp3) is 0. The van der Waals surface area contributed by atoms with Crippen LogP contribution in [-0.2, 0) is 0 Å². The number of benzene rings is 7. The van der Waals surface area contributed by atoms with Crippen LogP contribution in [0.5, 0.6) is 0 Å². The van der Waals surface area contributed by atoms with Crippen LogP contribution in [0.1, 0.15) is 0 Å². The lowest BCUT2D eigenvalue weighted by molar-refractivity contribution is 1.16. The summed E-state index contributed by atoms with van der Waals surface area (Å²) in [6, 6.07) is 57.8. The smallest absolute Gasteiger partial charge is 0.0619 e. The maximum absolute atomic E-state index is 2.51. The van der Waals surface area contributed by atoms with Crippen LogP contribution in [0.4, 0.5) is 0 Å². The molecule has 0 unspecified atom stereocenters. The molecular formula is C42H26N2. The molecule has 0 N–H and O–H groups in total. The highest BCUT2D eigenvalue weighted by Gasteiger charge is 2.26. The van der Waals surface area contributed by atoms with Crippen molar-refractivity contribution in [3.05, 3.63) is 158 Å². The van der Waals surface area contributed by atoms with E-state index in [0.717, 1.165) is 5.69 Å². The molecule has 0 fully saturated rings. The molecule has 1 aliphatic heterocycles. The number of nitrogens with zero attached hydrogens (tertiary/aromatic N) is 2. The van der Waals surface area contributed by atoms with Gasteiger partial charge in [0.05, 0.1) is 27.8 Å². The van der Waals surface area contributed by atoms with E-state index in [1.54, 1.807) is 0 Å². The van der Waals surface area contributed by atoms with Gasteiger partial charge in [0.15, 0.2) is 0 Å². The molecule has 3 heterocycles. The first-order valence-corrected chi connectivity index (χ1v) is 15.2. The van der Waals surface area contributed by atoms with Gasteiger partial charge in [-0.25, -0.2) is 0 Å². The average Bonchev–Trinajstić information content (AvgIpc) is 3.56. The Kier molecular flexibility index (Phi) is 4.75. The molecule has 44 heavy (non-hydrogen) atoms. The molecule has 10 rings (SSSR count). The predicted octanol–water partition coefficient (Wildman–Crippen LogP) is 11.2. The van der Waals surface area contributed by atoms with E-state index in [1.807, 2.05) is 0 Å². The molecule has 0 amide bonds. The Morgan fingerprint density at radius 1 is 0.318 bits per heavy atom. The van der Waals surface area contributed by atoms with E-state index in [2.05, 4.69) is 167 Å². The summed E-state index contributed by atoms with van der Waals surface area (Å²) in [6.07, 6.45) is 0. The zero-order valence-corrected chi connectivity index (χ0v) is 23.9. The van der Waals surface area contributed by atoms with Gasteiger partial charge in [0.1, 0.15) is 0 Å². The molecule has 1 aliphatic rings. The summed E-state index contributed by atoms with van der Waals surface area (Å²) in [5.41, 5.74) is 14.8. The van der Waals surface area contributed by atoms with Gasteiger partial charge in [0.25, 0.3) is 0 Å². The fourth-order valence-corrected chi connectivity index (χ4v) is 7.58. The second-order valence-electron chi connectivity index (χ2n) is 11.8. The number of hydrogen-bond acceptors (Lipinski definition) is 0. The van der Waals surface area contributed by atoms with Crippen molar-refractivity contribution in [3.8, 4) is 44.8 Å². The van der Waals surface area contributed by atoms with Crippen molar-refractivity contribution in [2.75, 3.05) is 0 Å². The molecule has 0 spiro atoms. The molecule has 0 saturated heterocycles. The number of fused-ring (bicyclic) bond motifs is 11. The molecule has 0 aliphatic carbocycles. The summed E-state index contributed by atoms with van der Waals surface area (Å²) in [4.78, 5) is 0. The van der Waals surface area contributed by atoms with Gasteiger partial charge in [-0.15, -0.1) is 0 Å². The quantitative estimate of drug-likeness (QED) is 0.200. The van der Waals surface area contributed by atoms with E-state index < -0.39 is 0 Å². The van der Waals surface area contributed by atoms with E-state index in [-0.39, 0.29) is 0 Å². The van der Waals surface area contributed by atoms with Gasteiger partial charge in [-0.05, 0) is 58.7 Å². The number of rotatable bonds is 2. The molecule has 2 aromatic heterocycles. The van der Waals surface area contributed by atoms with E-state index in [0.29, 0.717) is 0 Å². The largest absolute Gasteiger partial charge is 0.309 e. The first-order chi connectivity index (χ1) is 21.8. The van der Waals surface area contributed by atoms with Crippen LogP contribution in [0.3, 0.4) is 0 Å².